The average Bonchev–Trinajstić information content (AvgIpc) is 2.98. The first-order chi connectivity index (χ1) is 12.7. The molecular weight excluding hydrogens is 331 g/mol. The minimum atomic E-state index is -0.394. The molecule has 3 aromatic carbocycles. The van der Waals surface area contributed by atoms with Gasteiger partial charge in [-0.3, -0.25) is 0 Å². The molecule has 0 aliphatic rings. The molecule has 1 heterocycles. The molecular formula is C21H17FN2O2. The van der Waals surface area contributed by atoms with Crippen molar-refractivity contribution in [2.24, 2.45) is 7.05 Å². The van der Waals surface area contributed by atoms with E-state index in [0.29, 0.717) is 12.4 Å². The highest BCUT2D eigenvalue weighted by Gasteiger charge is 2.11. The van der Waals surface area contributed by atoms with E-state index in [4.69, 9.17) is 9.47 Å². The van der Waals surface area contributed by atoms with Crippen molar-refractivity contribution in [2.45, 2.75) is 6.61 Å². The van der Waals surface area contributed by atoms with Gasteiger partial charge in [0, 0.05) is 13.1 Å². The van der Waals surface area contributed by atoms with E-state index in [2.05, 4.69) is 4.98 Å². The van der Waals surface area contributed by atoms with E-state index >= 15 is 0 Å². The molecule has 0 bridgehead atoms. The van der Waals surface area contributed by atoms with Crippen LogP contribution >= 0.6 is 0 Å². The number of imidazole rings is 1. The Morgan fingerprint density at radius 1 is 0.923 bits per heavy atom. The normalized spacial score (nSPS) is 10.8. The van der Waals surface area contributed by atoms with Crippen molar-refractivity contribution in [2.75, 3.05) is 0 Å². The summed E-state index contributed by atoms with van der Waals surface area (Å²) in [5, 5.41) is 0. The first-order valence-electron chi connectivity index (χ1n) is 8.26. The maximum Gasteiger partial charge on any atom is 0.165 e. The van der Waals surface area contributed by atoms with Crippen LogP contribution in [0.4, 0.5) is 4.39 Å². The highest BCUT2D eigenvalue weighted by molar-refractivity contribution is 5.77. The Bertz CT molecular complexity index is 1040. The average molecular weight is 348 g/mol. The number of aryl methyl sites for hydroxylation is 1. The molecule has 4 rings (SSSR count). The van der Waals surface area contributed by atoms with Crippen LogP contribution in [0.3, 0.4) is 0 Å². The molecule has 0 unspecified atom stereocenters. The lowest BCUT2D eigenvalue weighted by Crippen LogP contribution is -2.03. The number of benzene rings is 3. The van der Waals surface area contributed by atoms with Gasteiger partial charge in [-0.1, -0.05) is 30.3 Å². The SMILES string of the molecule is Cn1c(COc2ccccc2)nc2ccc(Oc3ccccc3F)cc21. The van der Waals surface area contributed by atoms with Crippen LogP contribution in [-0.2, 0) is 13.7 Å². The van der Waals surface area contributed by atoms with Crippen LogP contribution in [0.2, 0.25) is 0 Å². The third kappa shape index (κ3) is 3.24. The second kappa shape index (κ2) is 6.88. The zero-order valence-corrected chi connectivity index (χ0v) is 14.2. The van der Waals surface area contributed by atoms with E-state index < -0.39 is 5.82 Å². The minimum absolute atomic E-state index is 0.196. The van der Waals surface area contributed by atoms with Crippen LogP contribution in [0.15, 0.2) is 72.8 Å². The van der Waals surface area contributed by atoms with Crippen LogP contribution in [0.1, 0.15) is 5.82 Å². The molecule has 130 valence electrons. The summed E-state index contributed by atoms with van der Waals surface area (Å²) in [6.07, 6.45) is 0. The fraction of sp³-hybridized carbons (Fsp3) is 0.0952. The Hall–Kier alpha value is -3.34. The standard InChI is InChI=1S/C21H17FN2O2/c1-24-19-13-16(26-20-10-6-5-9-17(20)22)11-12-18(19)23-21(24)14-25-15-7-3-2-4-8-15/h2-13H,14H2,1H3. The summed E-state index contributed by atoms with van der Waals surface area (Å²) in [6.45, 7) is 0.360. The number of para-hydroxylation sites is 2. The molecule has 26 heavy (non-hydrogen) atoms. The van der Waals surface area contributed by atoms with Crippen molar-refractivity contribution in [1.82, 2.24) is 9.55 Å². The fourth-order valence-corrected chi connectivity index (χ4v) is 2.73. The summed E-state index contributed by atoms with van der Waals surface area (Å²) < 4.78 is 27.2. The summed E-state index contributed by atoms with van der Waals surface area (Å²) in [5.41, 5.74) is 1.73. The second-order valence-electron chi connectivity index (χ2n) is 5.87. The van der Waals surface area contributed by atoms with Gasteiger partial charge in [0.15, 0.2) is 11.6 Å². The van der Waals surface area contributed by atoms with Gasteiger partial charge < -0.3 is 14.0 Å². The number of hydrogen-bond donors (Lipinski definition) is 0. The molecule has 0 aliphatic heterocycles. The van der Waals surface area contributed by atoms with Crippen LogP contribution in [-0.4, -0.2) is 9.55 Å². The molecule has 4 aromatic rings. The molecule has 4 nitrogen and oxygen atoms in total. The number of rotatable bonds is 5. The molecule has 0 spiro atoms. The van der Waals surface area contributed by atoms with E-state index in [0.717, 1.165) is 22.6 Å². The van der Waals surface area contributed by atoms with Crippen LogP contribution in [0, 0.1) is 5.82 Å². The van der Waals surface area contributed by atoms with Crippen molar-refractivity contribution in [1.29, 1.82) is 0 Å². The molecule has 0 N–H and O–H groups in total. The first-order valence-corrected chi connectivity index (χ1v) is 8.26. The quantitative estimate of drug-likeness (QED) is 0.504. The molecule has 0 saturated carbocycles. The maximum absolute atomic E-state index is 13.8. The van der Waals surface area contributed by atoms with Gasteiger partial charge >= 0.3 is 0 Å². The molecule has 0 radical (unpaired) electrons. The molecule has 1 aromatic heterocycles. The molecule has 0 saturated heterocycles. The van der Waals surface area contributed by atoms with E-state index in [9.17, 15) is 4.39 Å². The van der Waals surface area contributed by atoms with Gasteiger partial charge in [0.25, 0.3) is 0 Å². The highest BCUT2D eigenvalue weighted by atomic mass is 19.1. The number of ether oxygens (including phenoxy) is 2. The Kier molecular flexibility index (Phi) is 4.27. The van der Waals surface area contributed by atoms with Gasteiger partial charge in [-0.25, -0.2) is 9.37 Å². The Labute approximate surface area is 150 Å². The Morgan fingerprint density at radius 3 is 2.50 bits per heavy atom. The van der Waals surface area contributed by atoms with Crippen LogP contribution in [0.25, 0.3) is 11.0 Å². The fourth-order valence-electron chi connectivity index (χ4n) is 2.73. The summed E-state index contributed by atoms with van der Waals surface area (Å²) in [7, 11) is 1.92. The number of fused-ring (bicyclic) bond motifs is 1. The Morgan fingerprint density at radius 2 is 1.69 bits per heavy atom. The largest absolute Gasteiger partial charge is 0.486 e. The first kappa shape index (κ1) is 16.1. The summed E-state index contributed by atoms with van der Waals surface area (Å²) in [4.78, 5) is 4.60. The van der Waals surface area contributed by atoms with Crippen LogP contribution in [0.5, 0.6) is 17.2 Å². The lowest BCUT2D eigenvalue weighted by atomic mass is 10.3. The van der Waals surface area contributed by atoms with Gasteiger partial charge in [-0.15, -0.1) is 0 Å². The smallest absolute Gasteiger partial charge is 0.165 e. The third-order valence-electron chi connectivity index (χ3n) is 4.12. The highest BCUT2D eigenvalue weighted by Crippen LogP contribution is 2.27. The Balaban J connectivity index is 1.58. The van der Waals surface area contributed by atoms with Crippen molar-refractivity contribution in [3.8, 4) is 17.2 Å². The molecule has 0 fully saturated rings. The van der Waals surface area contributed by atoms with E-state index in [1.54, 1.807) is 24.3 Å². The molecule has 5 heteroatoms. The van der Waals surface area contributed by atoms with Crippen molar-refractivity contribution in [3.63, 3.8) is 0 Å². The predicted molar refractivity (Wildman–Crippen MR) is 98.0 cm³/mol. The van der Waals surface area contributed by atoms with Gasteiger partial charge in [0.05, 0.1) is 11.0 Å². The lowest BCUT2D eigenvalue weighted by molar-refractivity contribution is 0.292. The number of nitrogens with zero attached hydrogens (tertiary/aromatic N) is 2. The van der Waals surface area contributed by atoms with Gasteiger partial charge in [-0.2, -0.15) is 0 Å². The number of halogens is 1. The second-order valence-corrected chi connectivity index (χ2v) is 5.87. The zero-order valence-electron chi connectivity index (χ0n) is 14.2. The molecule has 0 aliphatic carbocycles. The molecule has 0 atom stereocenters. The predicted octanol–water partition coefficient (Wildman–Crippen LogP) is 5.08. The number of hydrogen-bond acceptors (Lipinski definition) is 3. The van der Waals surface area contributed by atoms with Crippen molar-refractivity contribution >= 4 is 11.0 Å². The topological polar surface area (TPSA) is 36.3 Å². The van der Waals surface area contributed by atoms with E-state index in [1.807, 2.05) is 54.1 Å². The monoisotopic (exact) mass is 348 g/mol. The van der Waals surface area contributed by atoms with E-state index in [-0.39, 0.29) is 5.75 Å². The minimum Gasteiger partial charge on any atom is -0.486 e. The van der Waals surface area contributed by atoms with Gasteiger partial charge in [0.2, 0.25) is 0 Å². The van der Waals surface area contributed by atoms with Crippen molar-refractivity contribution in [3.05, 3.63) is 84.4 Å². The van der Waals surface area contributed by atoms with Crippen molar-refractivity contribution < 1.29 is 13.9 Å². The van der Waals surface area contributed by atoms with Crippen LogP contribution < -0.4 is 9.47 Å². The maximum atomic E-state index is 13.8. The van der Waals surface area contributed by atoms with Gasteiger partial charge in [0.1, 0.15) is 23.9 Å². The lowest BCUT2D eigenvalue weighted by Gasteiger charge is -2.07. The summed E-state index contributed by atoms with van der Waals surface area (Å²) in [5.74, 6) is 1.95. The summed E-state index contributed by atoms with van der Waals surface area (Å²) in [6, 6.07) is 21.4. The zero-order chi connectivity index (χ0) is 17.9. The van der Waals surface area contributed by atoms with Gasteiger partial charge in [-0.05, 0) is 36.4 Å². The van der Waals surface area contributed by atoms with E-state index in [1.165, 1.54) is 6.07 Å². The number of aromatic nitrogens is 2. The molecule has 0 amide bonds. The summed E-state index contributed by atoms with van der Waals surface area (Å²) >= 11 is 0. The third-order valence-corrected chi connectivity index (χ3v) is 4.12.